The number of aliphatic imine (C=N–C) groups is 1. The fraction of sp³-hybridized carbons (Fsp3) is 0.941. The van der Waals surface area contributed by atoms with Crippen molar-refractivity contribution in [3.05, 3.63) is 0 Å². The lowest BCUT2D eigenvalue weighted by Gasteiger charge is -2.32. The molecule has 0 aromatic heterocycles. The molecule has 0 spiro atoms. The summed E-state index contributed by atoms with van der Waals surface area (Å²) >= 11 is 0. The predicted octanol–water partition coefficient (Wildman–Crippen LogP) is 1.84. The van der Waals surface area contributed by atoms with Gasteiger partial charge in [-0.05, 0) is 38.6 Å². The van der Waals surface area contributed by atoms with Crippen molar-refractivity contribution >= 4 is 29.9 Å². The average Bonchev–Trinajstić information content (AvgIpc) is 3.09. The van der Waals surface area contributed by atoms with Gasteiger partial charge in [0.05, 0.1) is 19.3 Å². The van der Waals surface area contributed by atoms with Crippen molar-refractivity contribution in [2.75, 3.05) is 53.0 Å². The number of hydrogen-bond donors (Lipinski definition) is 2. The first kappa shape index (κ1) is 21.9. The molecule has 2 saturated heterocycles. The van der Waals surface area contributed by atoms with E-state index in [4.69, 9.17) is 9.47 Å². The summed E-state index contributed by atoms with van der Waals surface area (Å²) in [7, 11) is 1.83. The summed E-state index contributed by atoms with van der Waals surface area (Å²) in [6.45, 7) is 8.92. The molecule has 2 heterocycles. The molecule has 7 heteroatoms. The van der Waals surface area contributed by atoms with Crippen LogP contribution in [0.2, 0.25) is 0 Å². The van der Waals surface area contributed by atoms with Gasteiger partial charge in [-0.25, -0.2) is 0 Å². The van der Waals surface area contributed by atoms with Gasteiger partial charge in [-0.2, -0.15) is 0 Å². The summed E-state index contributed by atoms with van der Waals surface area (Å²) in [6.07, 6.45) is 6.23. The largest absolute Gasteiger partial charge is 0.377 e. The van der Waals surface area contributed by atoms with Crippen LogP contribution in [0.1, 0.15) is 39.0 Å². The van der Waals surface area contributed by atoms with Crippen LogP contribution in [0.4, 0.5) is 0 Å². The highest BCUT2D eigenvalue weighted by Gasteiger charge is 2.19. The normalized spacial score (nSPS) is 23.1. The van der Waals surface area contributed by atoms with E-state index >= 15 is 0 Å². The van der Waals surface area contributed by atoms with Gasteiger partial charge in [-0.1, -0.05) is 6.92 Å². The van der Waals surface area contributed by atoms with Crippen molar-refractivity contribution in [2.45, 2.75) is 51.2 Å². The number of guanidine groups is 1. The van der Waals surface area contributed by atoms with E-state index in [0.717, 1.165) is 25.5 Å². The predicted molar refractivity (Wildman–Crippen MR) is 109 cm³/mol. The first-order valence-corrected chi connectivity index (χ1v) is 9.20. The molecule has 0 aliphatic carbocycles. The number of rotatable bonds is 8. The Morgan fingerprint density at radius 1 is 1.29 bits per heavy atom. The summed E-state index contributed by atoms with van der Waals surface area (Å²) in [4.78, 5) is 6.86. The molecule has 0 aromatic rings. The van der Waals surface area contributed by atoms with E-state index in [1.165, 1.54) is 45.3 Å². The zero-order valence-electron chi connectivity index (χ0n) is 15.3. The van der Waals surface area contributed by atoms with Gasteiger partial charge in [-0.15, -0.1) is 24.0 Å². The Kier molecular flexibility index (Phi) is 12.0. The van der Waals surface area contributed by atoms with Crippen molar-refractivity contribution in [1.29, 1.82) is 0 Å². The zero-order chi connectivity index (χ0) is 16.3. The second kappa shape index (κ2) is 13.1. The maximum absolute atomic E-state index is 5.67. The lowest BCUT2D eigenvalue weighted by atomic mass is 10.1. The molecule has 142 valence electrons. The molecule has 1 atom stereocenters. The third kappa shape index (κ3) is 8.31. The number of likely N-dealkylation sites (tertiary alicyclic amines) is 1. The van der Waals surface area contributed by atoms with E-state index in [1.807, 2.05) is 7.05 Å². The molecule has 2 aliphatic heterocycles. The average molecular weight is 454 g/mol. The molecular weight excluding hydrogens is 419 g/mol. The molecule has 2 rings (SSSR count). The summed E-state index contributed by atoms with van der Waals surface area (Å²) in [5.41, 5.74) is 0. The highest BCUT2D eigenvalue weighted by atomic mass is 127. The molecule has 0 radical (unpaired) electrons. The minimum atomic E-state index is 0. The molecule has 1 unspecified atom stereocenters. The van der Waals surface area contributed by atoms with Gasteiger partial charge in [0.2, 0.25) is 0 Å². The van der Waals surface area contributed by atoms with Gasteiger partial charge in [0, 0.05) is 39.3 Å². The minimum absolute atomic E-state index is 0. The molecule has 6 nitrogen and oxygen atoms in total. The van der Waals surface area contributed by atoms with Crippen LogP contribution in [-0.4, -0.2) is 76.1 Å². The van der Waals surface area contributed by atoms with Crippen molar-refractivity contribution < 1.29 is 9.47 Å². The SMILES string of the molecule is CCCN1CCC(NC(=NC)NCCOCC2CCCO2)CC1.I. The number of hydrogen-bond acceptors (Lipinski definition) is 4. The summed E-state index contributed by atoms with van der Waals surface area (Å²) in [5, 5.41) is 6.87. The molecule has 0 bridgehead atoms. The van der Waals surface area contributed by atoms with E-state index in [2.05, 4.69) is 27.4 Å². The Hall–Kier alpha value is -0.120. The first-order valence-electron chi connectivity index (χ1n) is 9.20. The molecule has 24 heavy (non-hydrogen) atoms. The van der Waals surface area contributed by atoms with Crippen LogP contribution in [-0.2, 0) is 9.47 Å². The minimum Gasteiger partial charge on any atom is -0.377 e. The third-order valence-electron chi connectivity index (χ3n) is 4.56. The fourth-order valence-electron chi connectivity index (χ4n) is 3.24. The van der Waals surface area contributed by atoms with Crippen molar-refractivity contribution in [2.24, 2.45) is 4.99 Å². The third-order valence-corrected chi connectivity index (χ3v) is 4.56. The summed E-state index contributed by atoms with van der Waals surface area (Å²) in [6, 6.07) is 0.530. The smallest absolute Gasteiger partial charge is 0.191 e. The number of piperidine rings is 1. The van der Waals surface area contributed by atoms with Crippen molar-refractivity contribution in [1.82, 2.24) is 15.5 Å². The zero-order valence-corrected chi connectivity index (χ0v) is 17.6. The highest BCUT2D eigenvalue weighted by Crippen LogP contribution is 2.12. The van der Waals surface area contributed by atoms with Crippen LogP contribution in [0.3, 0.4) is 0 Å². The quantitative estimate of drug-likeness (QED) is 0.254. The van der Waals surface area contributed by atoms with Crippen LogP contribution in [0.25, 0.3) is 0 Å². The Labute approximate surface area is 164 Å². The van der Waals surface area contributed by atoms with Crippen LogP contribution < -0.4 is 10.6 Å². The van der Waals surface area contributed by atoms with Gasteiger partial charge in [0.1, 0.15) is 0 Å². The lowest BCUT2D eigenvalue weighted by molar-refractivity contribution is 0.0191. The number of halogens is 1. The standard InChI is InChI=1S/C17H34N4O2.HI/c1-3-9-21-10-6-15(7-11-21)20-17(18-2)19-8-13-22-14-16-5-4-12-23-16;/h15-16H,3-14H2,1-2H3,(H2,18,19,20);1H. The van der Waals surface area contributed by atoms with Crippen molar-refractivity contribution in [3.8, 4) is 0 Å². The van der Waals surface area contributed by atoms with Gasteiger partial charge >= 0.3 is 0 Å². The maximum atomic E-state index is 5.67. The Morgan fingerprint density at radius 2 is 2.08 bits per heavy atom. The molecular formula is C17H35IN4O2. The molecule has 0 saturated carbocycles. The second-order valence-electron chi connectivity index (χ2n) is 6.47. The van der Waals surface area contributed by atoms with Crippen LogP contribution in [0.5, 0.6) is 0 Å². The molecule has 0 aromatic carbocycles. The Balaban J connectivity index is 0.00000288. The molecule has 2 aliphatic rings. The van der Waals surface area contributed by atoms with E-state index in [9.17, 15) is 0 Å². The van der Waals surface area contributed by atoms with Crippen LogP contribution in [0, 0.1) is 0 Å². The topological polar surface area (TPSA) is 58.1 Å². The number of nitrogens with zero attached hydrogens (tertiary/aromatic N) is 2. The number of ether oxygens (including phenoxy) is 2. The van der Waals surface area contributed by atoms with Gasteiger partial charge in [-0.3, -0.25) is 4.99 Å². The highest BCUT2D eigenvalue weighted by molar-refractivity contribution is 14.0. The lowest BCUT2D eigenvalue weighted by Crippen LogP contribution is -2.49. The maximum Gasteiger partial charge on any atom is 0.191 e. The molecule has 2 fully saturated rings. The molecule has 0 amide bonds. The van der Waals surface area contributed by atoms with E-state index in [1.54, 1.807) is 0 Å². The first-order chi connectivity index (χ1) is 11.3. The second-order valence-corrected chi connectivity index (χ2v) is 6.47. The monoisotopic (exact) mass is 454 g/mol. The van der Waals surface area contributed by atoms with E-state index < -0.39 is 0 Å². The fourth-order valence-corrected chi connectivity index (χ4v) is 3.24. The van der Waals surface area contributed by atoms with Crippen molar-refractivity contribution in [3.63, 3.8) is 0 Å². The summed E-state index contributed by atoms with van der Waals surface area (Å²) < 4.78 is 11.2. The molecule has 2 N–H and O–H groups in total. The van der Waals surface area contributed by atoms with Gasteiger partial charge in [0.15, 0.2) is 5.96 Å². The van der Waals surface area contributed by atoms with Gasteiger partial charge in [0.25, 0.3) is 0 Å². The van der Waals surface area contributed by atoms with E-state index in [0.29, 0.717) is 25.4 Å². The van der Waals surface area contributed by atoms with Crippen LogP contribution >= 0.6 is 24.0 Å². The van der Waals surface area contributed by atoms with E-state index in [-0.39, 0.29) is 24.0 Å². The number of nitrogens with one attached hydrogen (secondary N) is 2. The van der Waals surface area contributed by atoms with Gasteiger partial charge < -0.3 is 25.0 Å². The van der Waals surface area contributed by atoms with Crippen LogP contribution in [0.15, 0.2) is 4.99 Å². The summed E-state index contributed by atoms with van der Waals surface area (Å²) in [5.74, 6) is 0.889. The Morgan fingerprint density at radius 3 is 2.71 bits per heavy atom. The Bertz CT molecular complexity index is 343.